The Hall–Kier alpha value is -1.07. The molecule has 0 radical (unpaired) electrons. The number of anilines is 1. The van der Waals surface area contributed by atoms with Gasteiger partial charge in [-0.25, -0.2) is 0 Å². The van der Waals surface area contributed by atoms with Crippen LogP contribution in [-0.2, 0) is 0 Å². The van der Waals surface area contributed by atoms with Crippen molar-refractivity contribution in [2.24, 2.45) is 5.92 Å². The second kappa shape index (κ2) is 5.92. The van der Waals surface area contributed by atoms with Gasteiger partial charge in [-0.05, 0) is 44.1 Å². The summed E-state index contributed by atoms with van der Waals surface area (Å²) in [7, 11) is 2.11. The molecule has 1 aliphatic rings. The van der Waals surface area contributed by atoms with Gasteiger partial charge in [0.05, 0.1) is 5.56 Å². The Morgan fingerprint density at radius 3 is 2.95 bits per heavy atom. The van der Waals surface area contributed by atoms with Crippen LogP contribution >= 0.6 is 15.9 Å². The molecule has 1 aliphatic heterocycles. The molecule has 1 heterocycles. The molecular weight excluding hydrogens is 306 g/mol. The molecule has 0 aromatic heterocycles. The fourth-order valence-corrected chi connectivity index (χ4v) is 2.90. The van der Waals surface area contributed by atoms with E-state index in [0.29, 0.717) is 17.2 Å². The second-order valence-corrected chi connectivity index (χ2v) is 6.26. The number of piperidine rings is 1. The highest BCUT2D eigenvalue weighted by Crippen LogP contribution is 2.20. The Balaban J connectivity index is 2.06. The lowest BCUT2D eigenvalue weighted by Gasteiger charge is -2.35. The summed E-state index contributed by atoms with van der Waals surface area (Å²) in [5.41, 5.74) is 6.92. The van der Waals surface area contributed by atoms with Crippen LogP contribution < -0.4 is 11.1 Å². The van der Waals surface area contributed by atoms with Crippen LogP contribution in [0.15, 0.2) is 22.7 Å². The average Bonchev–Trinajstić information content (AvgIpc) is 2.35. The first kappa shape index (κ1) is 14.3. The second-order valence-electron chi connectivity index (χ2n) is 5.34. The molecule has 1 aromatic rings. The summed E-state index contributed by atoms with van der Waals surface area (Å²) in [6, 6.07) is 5.58. The summed E-state index contributed by atoms with van der Waals surface area (Å²) >= 11 is 3.37. The van der Waals surface area contributed by atoms with Gasteiger partial charge in [0, 0.05) is 22.7 Å². The number of carbonyl (C=O) groups is 1. The largest absolute Gasteiger partial charge is 0.398 e. The molecule has 0 bridgehead atoms. The number of carbonyl (C=O) groups excluding carboxylic acids is 1. The topological polar surface area (TPSA) is 58.4 Å². The number of likely N-dealkylation sites (tertiary alicyclic amines) is 1. The number of benzene rings is 1. The molecule has 2 atom stereocenters. The van der Waals surface area contributed by atoms with Crippen molar-refractivity contribution in [3.8, 4) is 0 Å². The van der Waals surface area contributed by atoms with E-state index in [9.17, 15) is 4.79 Å². The monoisotopic (exact) mass is 325 g/mol. The minimum Gasteiger partial charge on any atom is -0.398 e. The van der Waals surface area contributed by atoms with Gasteiger partial charge in [0.25, 0.3) is 5.91 Å². The number of nitrogens with two attached hydrogens (primary N) is 1. The third-order valence-corrected chi connectivity index (χ3v) is 4.18. The van der Waals surface area contributed by atoms with Crippen molar-refractivity contribution in [2.45, 2.75) is 19.4 Å². The molecule has 2 rings (SSSR count). The van der Waals surface area contributed by atoms with Crippen molar-refractivity contribution < 1.29 is 4.79 Å². The fraction of sp³-hybridized carbons (Fsp3) is 0.500. The number of amides is 1. The van der Waals surface area contributed by atoms with E-state index in [1.165, 1.54) is 0 Å². The molecular formula is C14H20BrN3O. The minimum absolute atomic E-state index is 0.0831. The molecule has 1 amide bonds. The van der Waals surface area contributed by atoms with E-state index in [1.54, 1.807) is 12.1 Å². The number of halogens is 1. The van der Waals surface area contributed by atoms with Gasteiger partial charge in [-0.15, -0.1) is 0 Å². The highest BCUT2D eigenvalue weighted by Gasteiger charge is 2.26. The number of hydrogen-bond acceptors (Lipinski definition) is 3. The minimum atomic E-state index is -0.0831. The Morgan fingerprint density at radius 1 is 1.53 bits per heavy atom. The maximum atomic E-state index is 12.3. The lowest BCUT2D eigenvalue weighted by Crippen LogP contribution is -2.48. The summed E-state index contributed by atoms with van der Waals surface area (Å²) in [4.78, 5) is 14.6. The zero-order valence-electron chi connectivity index (χ0n) is 11.3. The first-order valence-electron chi connectivity index (χ1n) is 6.52. The van der Waals surface area contributed by atoms with E-state index in [4.69, 9.17) is 5.73 Å². The molecule has 19 heavy (non-hydrogen) atoms. The first-order valence-corrected chi connectivity index (χ1v) is 7.31. The van der Waals surface area contributed by atoms with Gasteiger partial charge in [-0.3, -0.25) is 4.79 Å². The van der Waals surface area contributed by atoms with Gasteiger partial charge in [0.1, 0.15) is 0 Å². The van der Waals surface area contributed by atoms with Crippen molar-refractivity contribution in [3.05, 3.63) is 28.2 Å². The van der Waals surface area contributed by atoms with Gasteiger partial charge < -0.3 is 16.0 Å². The van der Waals surface area contributed by atoms with Crippen LogP contribution in [0.2, 0.25) is 0 Å². The predicted molar refractivity (Wildman–Crippen MR) is 81.1 cm³/mol. The van der Waals surface area contributed by atoms with Crippen molar-refractivity contribution in [1.82, 2.24) is 10.2 Å². The standard InChI is InChI=1S/C14H20BrN3O/c1-9-8-18(2)6-5-13(9)17-14(19)11-7-10(15)3-4-12(11)16/h3-4,7,9,13H,5-6,8,16H2,1-2H3,(H,17,19). The van der Waals surface area contributed by atoms with Crippen molar-refractivity contribution >= 4 is 27.5 Å². The zero-order chi connectivity index (χ0) is 14.0. The van der Waals surface area contributed by atoms with E-state index in [0.717, 1.165) is 24.0 Å². The van der Waals surface area contributed by atoms with Crippen LogP contribution in [0, 0.1) is 5.92 Å². The van der Waals surface area contributed by atoms with Crippen LogP contribution in [0.25, 0.3) is 0 Å². The number of nitrogen functional groups attached to an aromatic ring is 1. The average molecular weight is 326 g/mol. The molecule has 1 aromatic carbocycles. The fourth-order valence-electron chi connectivity index (χ4n) is 2.54. The van der Waals surface area contributed by atoms with E-state index >= 15 is 0 Å². The highest BCUT2D eigenvalue weighted by atomic mass is 79.9. The molecule has 1 fully saturated rings. The molecule has 3 N–H and O–H groups in total. The third kappa shape index (κ3) is 3.48. The lowest BCUT2D eigenvalue weighted by molar-refractivity contribution is 0.0884. The van der Waals surface area contributed by atoms with Crippen LogP contribution in [0.5, 0.6) is 0 Å². The summed E-state index contributed by atoms with van der Waals surface area (Å²) in [6.07, 6.45) is 0.983. The molecule has 0 spiro atoms. The van der Waals surface area contributed by atoms with E-state index < -0.39 is 0 Å². The predicted octanol–water partition coefficient (Wildman–Crippen LogP) is 2.10. The van der Waals surface area contributed by atoms with Gasteiger partial charge in [0.2, 0.25) is 0 Å². The van der Waals surface area contributed by atoms with Gasteiger partial charge in [0.15, 0.2) is 0 Å². The first-order chi connectivity index (χ1) is 8.97. The van der Waals surface area contributed by atoms with Crippen molar-refractivity contribution in [2.75, 3.05) is 25.9 Å². The maximum Gasteiger partial charge on any atom is 0.253 e. The van der Waals surface area contributed by atoms with Crippen molar-refractivity contribution in [1.29, 1.82) is 0 Å². The number of nitrogens with one attached hydrogen (secondary N) is 1. The van der Waals surface area contributed by atoms with Crippen LogP contribution in [0.1, 0.15) is 23.7 Å². The van der Waals surface area contributed by atoms with E-state index in [1.807, 2.05) is 6.07 Å². The molecule has 0 saturated carbocycles. The molecule has 2 unspecified atom stereocenters. The smallest absolute Gasteiger partial charge is 0.253 e. The quantitative estimate of drug-likeness (QED) is 0.819. The van der Waals surface area contributed by atoms with Crippen LogP contribution in [0.3, 0.4) is 0 Å². The summed E-state index contributed by atoms with van der Waals surface area (Å²) in [6.45, 7) is 4.20. The lowest BCUT2D eigenvalue weighted by atomic mass is 9.94. The molecule has 4 nitrogen and oxygen atoms in total. The summed E-state index contributed by atoms with van der Waals surface area (Å²) in [5, 5.41) is 3.11. The highest BCUT2D eigenvalue weighted by molar-refractivity contribution is 9.10. The van der Waals surface area contributed by atoms with Gasteiger partial charge >= 0.3 is 0 Å². The molecule has 104 valence electrons. The maximum absolute atomic E-state index is 12.3. The molecule has 0 aliphatic carbocycles. The Labute approximate surface area is 122 Å². The zero-order valence-corrected chi connectivity index (χ0v) is 12.9. The summed E-state index contributed by atoms with van der Waals surface area (Å²) < 4.78 is 0.864. The van der Waals surface area contributed by atoms with Crippen LogP contribution in [-0.4, -0.2) is 37.0 Å². The molecule has 5 heteroatoms. The van der Waals surface area contributed by atoms with Crippen molar-refractivity contribution in [3.63, 3.8) is 0 Å². The van der Waals surface area contributed by atoms with Crippen LogP contribution in [0.4, 0.5) is 5.69 Å². The van der Waals surface area contributed by atoms with E-state index in [-0.39, 0.29) is 11.9 Å². The Morgan fingerprint density at radius 2 is 2.26 bits per heavy atom. The number of hydrogen-bond donors (Lipinski definition) is 2. The van der Waals surface area contributed by atoms with Gasteiger partial charge in [-0.2, -0.15) is 0 Å². The van der Waals surface area contributed by atoms with E-state index in [2.05, 4.69) is 40.1 Å². The number of rotatable bonds is 2. The Bertz CT molecular complexity index is 478. The normalized spacial score (nSPS) is 24.2. The summed E-state index contributed by atoms with van der Waals surface area (Å²) in [5.74, 6) is 0.372. The van der Waals surface area contributed by atoms with Gasteiger partial charge in [-0.1, -0.05) is 22.9 Å². The SMILES string of the molecule is CC1CN(C)CCC1NC(=O)c1cc(Br)ccc1N. The third-order valence-electron chi connectivity index (χ3n) is 3.68. The Kier molecular flexibility index (Phi) is 4.47. The molecule has 1 saturated heterocycles. The number of nitrogens with zero attached hydrogens (tertiary/aromatic N) is 1.